The highest BCUT2D eigenvalue weighted by atomic mass is 16.4. The van der Waals surface area contributed by atoms with Gasteiger partial charge in [0.25, 0.3) is 0 Å². The Labute approximate surface area is 113 Å². The Balaban J connectivity index is 2.02. The third-order valence-electron chi connectivity index (χ3n) is 4.03. The normalized spacial score (nSPS) is 23.5. The minimum Gasteiger partial charge on any atom is -0.478 e. The van der Waals surface area contributed by atoms with E-state index in [9.17, 15) is 4.79 Å². The van der Waals surface area contributed by atoms with Gasteiger partial charge in [0, 0.05) is 18.8 Å². The first-order valence-corrected chi connectivity index (χ1v) is 6.80. The molecule has 1 fully saturated rings. The third-order valence-corrected chi connectivity index (χ3v) is 4.03. The van der Waals surface area contributed by atoms with Crippen LogP contribution in [0.5, 0.6) is 0 Å². The van der Waals surface area contributed by atoms with Gasteiger partial charge < -0.3 is 5.11 Å². The first-order chi connectivity index (χ1) is 9.08. The van der Waals surface area contributed by atoms with Crippen molar-refractivity contribution in [2.24, 2.45) is 5.92 Å². The number of carbonyl (C=O) groups is 1. The van der Waals surface area contributed by atoms with Crippen molar-refractivity contribution in [2.45, 2.75) is 45.2 Å². The molecule has 2 rings (SSSR count). The van der Waals surface area contributed by atoms with E-state index in [1.807, 2.05) is 7.05 Å². The van der Waals surface area contributed by atoms with Gasteiger partial charge in [-0.2, -0.15) is 0 Å². The summed E-state index contributed by atoms with van der Waals surface area (Å²) < 4.78 is 0. The summed E-state index contributed by atoms with van der Waals surface area (Å²) in [5, 5.41) is 9.13. The molecule has 0 radical (unpaired) electrons. The van der Waals surface area contributed by atoms with E-state index in [0.29, 0.717) is 18.3 Å². The smallest absolute Gasteiger partial charge is 0.339 e. The maximum Gasteiger partial charge on any atom is 0.339 e. The lowest BCUT2D eigenvalue weighted by Crippen LogP contribution is -2.35. The van der Waals surface area contributed by atoms with Crippen molar-refractivity contribution < 1.29 is 9.90 Å². The first-order valence-electron chi connectivity index (χ1n) is 6.80. The van der Waals surface area contributed by atoms with Crippen LogP contribution in [0.4, 0.5) is 0 Å². The lowest BCUT2D eigenvalue weighted by atomic mass is 9.86. The zero-order valence-corrected chi connectivity index (χ0v) is 11.5. The van der Waals surface area contributed by atoms with Gasteiger partial charge in [-0.15, -0.1) is 0 Å². The predicted octanol–water partition coefficient (Wildman–Crippen LogP) is 2.19. The summed E-state index contributed by atoms with van der Waals surface area (Å²) in [4.78, 5) is 21.2. The average molecular weight is 263 g/mol. The molecule has 0 aromatic carbocycles. The molecule has 0 amide bonds. The van der Waals surface area contributed by atoms with Crippen molar-refractivity contribution in [3.05, 3.63) is 23.8 Å². The van der Waals surface area contributed by atoms with Crippen LogP contribution in [0.2, 0.25) is 0 Å². The molecule has 19 heavy (non-hydrogen) atoms. The maximum atomic E-state index is 11.1. The van der Waals surface area contributed by atoms with Gasteiger partial charge in [-0.3, -0.25) is 4.90 Å². The predicted molar refractivity (Wildman–Crippen MR) is 71.9 cm³/mol. The monoisotopic (exact) mass is 263 g/mol. The van der Waals surface area contributed by atoms with E-state index in [2.05, 4.69) is 21.8 Å². The maximum absolute atomic E-state index is 11.1. The minimum atomic E-state index is -0.957. The molecule has 0 atom stereocenters. The Morgan fingerprint density at radius 2 is 2.11 bits per heavy atom. The molecule has 5 nitrogen and oxygen atoms in total. The highest BCUT2D eigenvalue weighted by molar-refractivity contribution is 5.88. The van der Waals surface area contributed by atoms with E-state index < -0.39 is 5.97 Å². The van der Waals surface area contributed by atoms with Crippen LogP contribution in [0, 0.1) is 5.92 Å². The molecule has 1 aliphatic rings. The molecule has 0 saturated heterocycles. The molecule has 1 heterocycles. The van der Waals surface area contributed by atoms with Crippen LogP contribution in [0.25, 0.3) is 0 Å². The van der Waals surface area contributed by atoms with Crippen molar-refractivity contribution >= 4 is 5.97 Å². The molecule has 1 aliphatic carbocycles. The summed E-state index contributed by atoms with van der Waals surface area (Å²) in [5.74, 6) is -0.139. The van der Waals surface area contributed by atoms with Gasteiger partial charge in [0.15, 0.2) is 0 Å². The van der Waals surface area contributed by atoms with E-state index >= 15 is 0 Å². The number of carboxylic acid groups (broad SMARTS) is 1. The highest BCUT2D eigenvalue weighted by Crippen LogP contribution is 2.27. The lowest BCUT2D eigenvalue weighted by molar-refractivity contribution is 0.0692. The third kappa shape index (κ3) is 3.50. The molecule has 1 N–H and O–H groups in total. The number of hydrogen-bond acceptors (Lipinski definition) is 4. The Hall–Kier alpha value is -1.49. The molecule has 1 saturated carbocycles. The average Bonchev–Trinajstić information content (AvgIpc) is 2.39. The van der Waals surface area contributed by atoms with Gasteiger partial charge in [0.2, 0.25) is 0 Å². The second-order valence-electron chi connectivity index (χ2n) is 5.52. The SMILES string of the molecule is CC1CCC(N(C)Cc2ncncc2C(=O)O)CC1. The van der Waals surface area contributed by atoms with Crippen LogP contribution in [-0.4, -0.2) is 39.0 Å². The number of aromatic carboxylic acids is 1. The van der Waals surface area contributed by atoms with Crippen molar-refractivity contribution in [2.75, 3.05) is 7.05 Å². The topological polar surface area (TPSA) is 66.3 Å². The number of rotatable bonds is 4. The van der Waals surface area contributed by atoms with E-state index in [-0.39, 0.29) is 5.56 Å². The second-order valence-corrected chi connectivity index (χ2v) is 5.52. The number of aromatic nitrogens is 2. The molecular formula is C14H21N3O2. The van der Waals surface area contributed by atoms with Crippen molar-refractivity contribution in [1.29, 1.82) is 0 Å². The quantitative estimate of drug-likeness (QED) is 0.902. The van der Waals surface area contributed by atoms with E-state index in [0.717, 1.165) is 5.92 Å². The molecule has 0 unspecified atom stereocenters. The fourth-order valence-corrected chi connectivity index (χ4v) is 2.71. The van der Waals surface area contributed by atoms with Crippen LogP contribution in [0.15, 0.2) is 12.5 Å². The highest BCUT2D eigenvalue weighted by Gasteiger charge is 2.23. The molecule has 0 aliphatic heterocycles. The summed E-state index contributed by atoms with van der Waals surface area (Å²) in [6, 6.07) is 0.535. The Kier molecular flexibility index (Phi) is 4.47. The summed E-state index contributed by atoms with van der Waals surface area (Å²) in [5.41, 5.74) is 0.808. The van der Waals surface area contributed by atoms with Gasteiger partial charge in [-0.25, -0.2) is 14.8 Å². The number of hydrogen-bond donors (Lipinski definition) is 1. The van der Waals surface area contributed by atoms with Crippen molar-refractivity contribution in [1.82, 2.24) is 14.9 Å². The number of carboxylic acids is 1. The van der Waals surface area contributed by atoms with E-state index in [1.54, 1.807) is 0 Å². The second kappa shape index (κ2) is 6.10. The van der Waals surface area contributed by atoms with Crippen LogP contribution >= 0.6 is 0 Å². The number of nitrogens with zero attached hydrogens (tertiary/aromatic N) is 3. The lowest BCUT2D eigenvalue weighted by Gasteiger charge is -2.33. The molecule has 0 spiro atoms. The van der Waals surface area contributed by atoms with Gasteiger partial charge in [-0.05, 0) is 38.6 Å². The van der Waals surface area contributed by atoms with E-state index in [4.69, 9.17) is 5.11 Å². The first kappa shape index (κ1) is 13.9. The van der Waals surface area contributed by atoms with Gasteiger partial charge in [-0.1, -0.05) is 6.92 Å². The largest absolute Gasteiger partial charge is 0.478 e. The zero-order chi connectivity index (χ0) is 13.8. The van der Waals surface area contributed by atoms with E-state index in [1.165, 1.54) is 38.2 Å². The van der Waals surface area contributed by atoms with Gasteiger partial charge in [0.05, 0.1) is 5.69 Å². The fraction of sp³-hybridized carbons (Fsp3) is 0.643. The molecular weight excluding hydrogens is 242 g/mol. The standard InChI is InChI=1S/C14H21N3O2/c1-10-3-5-11(6-4-10)17(2)8-13-12(14(18)19)7-15-9-16-13/h7,9-11H,3-6,8H2,1-2H3,(H,18,19). The van der Waals surface area contributed by atoms with Crippen LogP contribution < -0.4 is 0 Å². The summed E-state index contributed by atoms with van der Waals surface area (Å²) in [6.07, 6.45) is 7.67. The van der Waals surface area contributed by atoms with Crippen molar-refractivity contribution in [3.63, 3.8) is 0 Å². The van der Waals surface area contributed by atoms with Gasteiger partial charge in [0.1, 0.15) is 11.9 Å². The molecule has 0 bridgehead atoms. The summed E-state index contributed by atoms with van der Waals surface area (Å²) >= 11 is 0. The summed E-state index contributed by atoms with van der Waals surface area (Å²) in [6.45, 7) is 2.87. The van der Waals surface area contributed by atoms with Crippen LogP contribution in [-0.2, 0) is 6.54 Å². The molecule has 5 heteroatoms. The van der Waals surface area contributed by atoms with Crippen LogP contribution in [0.1, 0.15) is 48.7 Å². The minimum absolute atomic E-state index is 0.207. The Morgan fingerprint density at radius 3 is 2.74 bits per heavy atom. The fourth-order valence-electron chi connectivity index (χ4n) is 2.71. The Morgan fingerprint density at radius 1 is 1.42 bits per heavy atom. The van der Waals surface area contributed by atoms with Crippen LogP contribution in [0.3, 0.4) is 0 Å². The molecule has 1 aromatic heterocycles. The zero-order valence-electron chi connectivity index (χ0n) is 11.5. The molecule has 104 valence electrons. The van der Waals surface area contributed by atoms with Crippen molar-refractivity contribution in [3.8, 4) is 0 Å². The molecule has 1 aromatic rings. The van der Waals surface area contributed by atoms with Gasteiger partial charge >= 0.3 is 5.97 Å². The Bertz CT molecular complexity index is 442. The summed E-state index contributed by atoms with van der Waals surface area (Å²) in [7, 11) is 2.05.